The summed E-state index contributed by atoms with van der Waals surface area (Å²) in [5.41, 5.74) is 0.676. The van der Waals surface area contributed by atoms with Gasteiger partial charge in [0.2, 0.25) is 0 Å². The molecule has 0 spiro atoms. The van der Waals surface area contributed by atoms with Gasteiger partial charge in [-0.3, -0.25) is 0 Å². The summed E-state index contributed by atoms with van der Waals surface area (Å²) >= 11 is 0. The predicted octanol–water partition coefficient (Wildman–Crippen LogP) is 2.05. The Hall–Kier alpha value is -0.970. The lowest BCUT2D eigenvalue weighted by molar-refractivity contribution is 0.672. The van der Waals surface area contributed by atoms with Crippen molar-refractivity contribution in [3.63, 3.8) is 0 Å². The first kappa shape index (κ1) is 10.0. The summed E-state index contributed by atoms with van der Waals surface area (Å²) in [6.07, 6.45) is 1.93. The van der Waals surface area contributed by atoms with Gasteiger partial charge in [-0.15, -0.1) is 0 Å². The van der Waals surface area contributed by atoms with E-state index in [-0.39, 0.29) is 0 Å². The van der Waals surface area contributed by atoms with Crippen molar-refractivity contribution in [2.75, 3.05) is 0 Å². The molecule has 0 heterocycles. The van der Waals surface area contributed by atoms with Crippen molar-refractivity contribution in [3.8, 4) is 6.07 Å². The van der Waals surface area contributed by atoms with E-state index in [0.717, 1.165) is 0 Å². The largest absolute Gasteiger partial charge is 0.375 e. The maximum Gasteiger partial charge on any atom is 0.117 e. The molecule has 0 aromatic heterocycles. The van der Waals surface area contributed by atoms with Crippen LogP contribution in [0, 0.1) is 17.2 Å². The van der Waals surface area contributed by atoms with Crippen LogP contribution in [0.4, 0.5) is 0 Å². The summed E-state index contributed by atoms with van der Waals surface area (Å²) in [7, 11) is 0. The fourth-order valence-electron chi connectivity index (χ4n) is 0.762. The molecule has 62 valence electrons. The first-order valence-corrected chi connectivity index (χ1v) is 3.94. The Bertz CT molecular complexity index is 172. The normalized spacial score (nSPS) is 11.9. The van der Waals surface area contributed by atoms with Gasteiger partial charge in [-0.25, -0.2) is 0 Å². The minimum Gasteiger partial charge on any atom is -0.375 e. The van der Waals surface area contributed by atoms with Gasteiger partial charge < -0.3 is 5.32 Å². The molecule has 0 amide bonds. The van der Waals surface area contributed by atoms with E-state index in [2.05, 4.69) is 25.2 Å². The lowest BCUT2D eigenvalue weighted by atomic mass is 10.2. The average Bonchev–Trinajstić information content (AvgIpc) is 1.84. The van der Waals surface area contributed by atoms with Gasteiger partial charge in [0.05, 0.1) is 0 Å². The summed E-state index contributed by atoms with van der Waals surface area (Å²) in [6.45, 7) is 8.15. The number of nitrogens with one attached hydrogen (secondary N) is 1. The van der Waals surface area contributed by atoms with Crippen LogP contribution in [0.2, 0.25) is 0 Å². The molecule has 11 heavy (non-hydrogen) atoms. The van der Waals surface area contributed by atoms with Crippen LogP contribution >= 0.6 is 0 Å². The molecule has 0 aromatic carbocycles. The lowest BCUT2D eigenvalue weighted by Gasteiger charge is -2.08. The van der Waals surface area contributed by atoms with Gasteiger partial charge in [0, 0.05) is 6.04 Å². The van der Waals surface area contributed by atoms with Gasteiger partial charge in [0.25, 0.3) is 0 Å². The summed E-state index contributed by atoms with van der Waals surface area (Å²) in [6, 6.07) is 2.45. The third-order valence-corrected chi connectivity index (χ3v) is 1.06. The number of allylic oxidation sites excluding steroid dienone is 2. The standard InChI is InChI=1S/C9H16N2/c1-7(2)5-9(6-10)11-8(3)4/h5,7-8,11H,1-4H3. The van der Waals surface area contributed by atoms with Crippen molar-refractivity contribution in [1.82, 2.24) is 5.32 Å². The summed E-state index contributed by atoms with van der Waals surface area (Å²) < 4.78 is 0. The van der Waals surface area contributed by atoms with Crippen molar-refractivity contribution < 1.29 is 0 Å². The smallest absolute Gasteiger partial charge is 0.117 e. The molecule has 1 N–H and O–H groups in total. The van der Waals surface area contributed by atoms with E-state index in [9.17, 15) is 0 Å². The molecular formula is C9H16N2. The first-order chi connectivity index (χ1) is 5.06. The highest BCUT2D eigenvalue weighted by Gasteiger charge is 1.97. The Labute approximate surface area is 68.9 Å². The average molecular weight is 152 g/mol. The number of hydrogen-bond donors (Lipinski definition) is 1. The van der Waals surface area contributed by atoms with E-state index < -0.39 is 0 Å². The molecular weight excluding hydrogens is 136 g/mol. The van der Waals surface area contributed by atoms with Crippen LogP contribution in [0.5, 0.6) is 0 Å². The molecule has 0 aliphatic rings. The second-order valence-corrected chi connectivity index (χ2v) is 3.24. The molecule has 0 saturated carbocycles. The van der Waals surface area contributed by atoms with Gasteiger partial charge in [-0.05, 0) is 25.8 Å². The molecule has 0 bridgehead atoms. The predicted molar refractivity (Wildman–Crippen MR) is 46.8 cm³/mol. The van der Waals surface area contributed by atoms with E-state index in [0.29, 0.717) is 17.7 Å². The first-order valence-electron chi connectivity index (χ1n) is 3.94. The van der Waals surface area contributed by atoms with Crippen LogP contribution in [0.25, 0.3) is 0 Å². The zero-order valence-corrected chi connectivity index (χ0v) is 7.68. The minimum atomic E-state index is 0.333. The monoisotopic (exact) mass is 152 g/mol. The summed E-state index contributed by atoms with van der Waals surface area (Å²) in [5.74, 6) is 0.427. The van der Waals surface area contributed by atoms with Crippen molar-refractivity contribution >= 4 is 0 Å². The van der Waals surface area contributed by atoms with Crippen LogP contribution < -0.4 is 5.32 Å². The topological polar surface area (TPSA) is 35.8 Å². The number of nitriles is 1. The molecule has 2 nitrogen and oxygen atoms in total. The Balaban J connectivity index is 4.09. The SMILES string of the molecule is CC(C)C=C(C#N)NC(C)C. The molecule has 0 unspecified atom stereocenters. The Kier molecular flexibility index (Phi) is 4.36. The number of hydrogen-bond acceptors (Lipinski definition) is 2. The second-order valence-electron chi connectivity index (χ2n) is 3.24. The molecule has 0 atom stereocenters. The Morgan fingerprint density at radius 3 is 2.18 bits per heavy atom. The summed E-state index contributed by atoms with van der Waals surface area (Å²) in [5, 5.41) is 11.7. The van der Waals surface area contributed by atoms with Crippen molar-refractivity contribution in [3.05, 3.63) is 11.8 Å². The fourth-order valence-corrected chi connectivity index (χ4v) is 0.762. The van der Waals surface area contributed by atoms with Gasteiger partial charge >= 0.3 is 0 Å². The van der Waals surface area contributed by atoms with E-state index in [1.54, 1.807) is 0 Å². The third-order valence-electron chi connectivity index (χ3n) is 1.06. The maximum atomic E-state index is 8.64. The molecule has 0 aromatic rings. The molecule has 0 aliphatic carbocycles. The fraction of sp³-hybridized carbons (Fsp3) is 0.667. The van der Waals surface area contributed by atoms with Crippen LogP contribution in [-0.2, 0) is 0 Å². The second kappa shape index (κ2) is 4.79. The van der Waals surface area contributed by atoms with E-state index in [1.165, 1.54) is 0 Å². The Morgan fingerprint density at radius 2 is 1.91 bits per heavy atom. The van der Waals surface area contributed by atoms with Gasteiger partial charge in [-0.2, -0.15) is 5.26 Å². The van der Waals surface area contributed by atoms with Gasteiger partial charge in [0.15, 0.2) is 0 Å². The molecule has 0 rings (SSSR count). The molecule has 0 fully saturated rings. The minimum absolute atomic E-state index is 0.333. The molecule has 0 saturated heterocycles. The van der Waals surface area contributed by atoms with Crippen molar-refractivity contribution in [2.24, 2.45) is 5.92 Å². The van der Waals surface area contributed by atoms with Gasteiger partial charge in [0.1, 0.15) is 11.8 Å². The zero-order chi connectivity index (χ0) is 8.85. The molecule has 0 aliphatic heterocycles. The van der Waals surface area contributed by atoms with Crippen LogP contribution in [0.1, 0.15) is 27.7 Å². The van der Waals surface area contributed by atoms with Gasteiger partial charge in [-0.1, -0.05) is 13.8 Å². The highest BCUT2D eigenvalue weighted by molar-refractivity contribution is 5.19. The number of nitrogens with zero attached hydrogens (tertiary/aromatic N) is 1. The third kappa shape index (κ3) is 5.47. The van der Waals surface area contributed by atoms with Crippen molar-refractivity contribution in [2.45, 2.75) is 33.7 Å². The Morgan fingerprint density at radius 1 is 1.36 bits per heavy atom. The molecule has 0 radical (unpaired) electrons. The van der Waals surface area contributed by atoms with Crippen LogP contribution in [-0.4, -0.2) is 6.04 Å². The van der Waals surface area contributed by atoms with E-state index in [1.807, 2.05) is 19.9 Å². The summed E-state index contributed by atoms with van der Waals surface area (Å²) in [4.78, 5) is 0. The molecule has 2 heteroatoms. The zero-order valence-electron chi connectivity index (χ0n) is 7.68. The van der Waals surface area contributed by atoms with Crippen LogP contribution in [0.15, 0.2) is 11.8 Å². The highest BCUT2D eigenvalue weighted by Crippen LogP contribution is 1.99. The lowest BCUT2D eigenvalue weighted by Crippen LogP contribution is -2.21. The number of rotatable bonds is 3. The van der Waals surface area contributed by atoms with Crippen LogP contribution in [0.3, 0.4) is 0 Å². The maximum absolute atomic E-state index is 8.64. The van der Waals surface area contributed by atoms with E-state index in [4.69, 9.17) is 5.26 Å². The quantitative estimate of drug-likeness (QED) is 0.628. The van der Waals surface area contributed by atoms with Crippen molar-refractivity contribution in [1.29, 1.82) is 5.26 Å². The van der Waals surface area contributed by atoms with E-state index >= 15 is 0 Å². The highest BCUT2D eigenvalue weighted by atomic mass is 14.9.